The van der Waals surface area contributed by atoms with Gasteiger partial charge in [0.15, 0.2) is 0 Å². The molecule has 5 heteroatoms. The van der Waals surface area contributed by atoms with Crippen LogP contribution in [0.2, 0.25) is 0 Å². The molecule has 2 nitrogen and oxygen atoms in total. The number of thiazole rings is 1. The molecular formula is C10H9BFNOS. The molecule has 15 heavy (non-hydrogen) atoms. The normalized spacial score (nSPS) is 10.2. The Hall–Kier alpha value is -1.36. The summed E-state index contributed by atoms with van der Waals surface area (Å²) in [6.07, 6.45) is 1.75. The molecule has 0 saturated carbocycles. The number of benzene rings is 1. The molecule has 1 heterocycles. The Kier molecular flexibility index (Phi) is 3.01. The van der Waals surface area contributed by atoms with Gasteiger partial charge in [0.25, 0.3) is 0 Å². The molecule has 0 radical (unpaired) electrons. The third-order valence-corrected chi connectivity index (χ3v) is 2.76. The minimum absolute atomic E-state index is 0.239. The highest BCUT2D eigenvalue weighted by Gasteiger charge is 2.01. The lowest BCUT2D eigenvalue weighted by molar-refractivity contribution is 0.308. The summed E-state index contributed by atoms with van der Waals surface area (Å²) in [5.41, 5.74) is 2.37. The van der Waals surface area contributed by atoms with E-state index < -0.39 is 0 Å². The molecule has 0 unspecified atom stereocenters. The van der Waals surface area contributed by atoms with Crippen LogP contribution in [0.1, 0.15) is 4.88 Å². The first-order chi connectivity index (χ1) is 7.25. The van der Waals surface area contributed by atoms with Crippen LogP contribution in [-0.2, 0) is 6.61 Å². The van der Waals surface area contributed by atoms with Crippen LogP contribution >= 0.6 is 11.3 Å². The van der Waals surface area contributed by atoms with Crippen LogP contribution in [-0.4, -0.2) is 12.8 Å². The average Bonchev–Trinajstić information content (AvgIpc) is 2.73. The van der Waals surface area contributed by atoms with Gasteiger partial charge in [0, 0.05) is 12.3 Å². The van der Waals surface area contributed by atoms with Crippen LogP contribution in [0.25, 0.3) is 0 Å². The van der Waals surface area contributed by atoms with Gasteiger partial charge in [-0.1, -0.05) is 11.5 Å². The first kappa shape index (κ1) is 10.2. The SMILES string of the molecule is Bc1ccc(OCc2cncs2)cc1F. The van der Waals surface area contributed by atoms with Crippen molar-refractivity contribution in [3.05, 3.63) is 40.6 Å². The Morgan fingerprint density at radius 2 is 2.33 bits per heavy atom. The van der Waals surface area contributed by atoms with E-state index in [0.29, 0.717) is 17.8 Å². The highest BCUT2D eigenvalue weighted by Crippen LogP contribution is 2.14. The largest absolute Gasteiger partial charge is 0.488 e. The maximum absolute atomic E-state index is 13.2. The minimum atomic E-state index is -0.239. The molecule has 0 bridgehead atoms. The number of ether oxygens (including phenoxy) is 1. The Balaban J connectivity index is 2.02. The molecule has 76 valence electrons. The van der Waals surface area contributed by atoms with Gasteiger partial charge in [0.1, 0.15) is 26.0 Å². The average molecular weight is 221 g/mol. The van der Waals surface area contributed by atoms with Crippen molar-refractivity contribution in [3.8, 4) is 5.75 Å². The lowest BCUT2D eigenvalue weighted by Gasteiger charge is -2.05. The Morgan fingerprint density at radius 3 is 3.00 bits per heavy atom. The first-order valence-electron chi connectivity index (χ1n) is 4.52. The van der Waals surface area contributed by atoms with E-state index >= 15 is 0 Å². The van der Waals surface area contributed by atoms with Gasteiger partial charge in [-0.3, -0.25) is 4.98 Å². The van der Waals surface area contributed by atoms with Crippen LogP contribution in [0, 0.1) is 5.82 Å². The highest BCUT2D eigenvalue weighted by atomic mass is 32.1. The number of aromatic nitrogens is 1. The summed E-state index contributed by atoms with van der Waals surface area (Å²) in [6.45, 7) is 0.438. The molecule has 1 aromatic carbocycles. The number of rotatable bonds is 3. The van der Waals surface area contributed by atoms with Crippen molar-refractivity contribution >= 4 is 24.6 Å². The number of hydrogen-bond donors (Lipinski definition) is 0. The van der Waals surface area contributed by atoms with Gasteiger partial charge in [-0.05, 0) is 6.07 Å². The summed E-state index contributed by atoms with van der Waals surface area (Å²) in [4.78, 5) is 4.95. The number of hydrogen-bond acceptors (Lipinski definition) is 3. The Morgan fingerprint density at radius 1 is 1.47 bits per heavy atom. The van der Waals surface area contributed by atoms with Crippen LogP contribution < -0.4 is 10.2 Å². The number of nitrogens with zero attached hydrogens (tertiary/aromatic N) is 1. The van der Waals surface area contributed by atoms with Gasteiger partial charge in [-0.2, -0.15) is 0 Å². The lowest BCUT2D eigenvalue weighted by atomic mass is 9.96. The van der Waals surface area contributed by atoms with Crippen LogP contribution in [0.15, 0.2) is 29.9 Å². The standard InChI is InChI=1S/C10H9BFNOS/c11-9-2-1-7(3-10(9)12)14-5-8-4-13-6-15-8/h1-4,6H,5,11H2. The Labute approximate surface area is 92.1 Å². The minimum Gasteiger partial charge on any atom is -0.488 e. The lowest BCUT2D eigenvalue weighted by Crippen LogP contribution is -2.07. The molecule has 0 aliphatic carbocycles. The maximum atomic E-state index is 13.2. The fourth-order valence-electron chi connectivity index (χ4n) is 1.13. The molecule has 0 fully saturated rings. The predicted octanol–water partition coefficient (Wildman–Crippen LogP) is 1.12. The molecule has 1 aromatic heterocycles. The van der Waals surface area contributed by atoms with E-state index in [0.717, 1.165) is 4.88 Å². The van der Waals surface area contributed by atoms with Crippen molar-refractivity contribution in [1.82, 2.24) is 4.98 Å². The molecule has 2 aromatic rings. The zero-order valence-corrected chi connectivity index (χ0v) is 9.05. The molecule has 2 rings (SSSR count). The third kappa shape index (κ3) is 2.56. The van der Waals surface area contributed by atoms with Crippen molar-refractivity contribution in [2.24, 2.45) is 0 Å². The number of halogens is 1. The summed E-state index contributed by atoms with van der Waals surface area (Å²) < 4.78 is 18.6. The second kappa shape index (κ2) is 4.44. The van der Waals surface area contributed by atoms with Crippen molar-refractivity contribution in [2.75, 3.05) is 0 Å². The molecule has 0 N–H and O–H groups in total. The van der Waals surface area contributed by atoms with E-state index in [-0.39, 0.29) is 5.82 Å². The molecule has 0 aliphatic heterocycles. The van der Waals surface area contributed by atoms with E-state index in [1.807, 2.05) is 0 Å². The van der Waals surface area contributed by atoms with Crippen LogP contribution in [0.4, 0.5) is 4.39 Å². The molecule has 0 spiro atoms. The summed E-state index contributed by atoms with van der Waals surface area (Å²) >= 11 is 1.52. The van der Waals surface area contributed by atoms with Gasteiger partial charge in [-0.25, -0.2) is 4.39 Å². The van der Waals surface area contributed by atoms with E-state index in [1.54, 1.807) is 31.7 Å². The topological polar surface area (TPSA) is 22.1 Å². The molecule has 0 amide bonds. The molecule has 0 aliphatic rings. The summed E-state index contributed by atoms with van der Waals surface area (Å²) in [5.74, 6) is 0.309. The molecular weight excluding hydrogens is 212 g/mol. The van der Waals surface area contributed by atoms with Gasteiger partial charge in [-0.15, -0.1) is 11.3 Å². The van der Waals surface area contributed by atoms with Gasteiger partial charge < -0.3 is 4.74 Å². The molecule has 0 saturated heterocycles. The quantitative estimate of drug-likeness (QED) is 0.724. The second-order valence-electron chi connectivity index (χ2n) is 3.17. The van der Waals surface area contributed by atoms with Crippen molar-refractivity contribution in [3.63, 3.8) is 0 Å². The first-order valence-corrected chi connectivity index (χ1v) is 5.40. The van der Waals surface area contributed by atoms with Crippen molar-refractivity contribution in [1.29, 1.82) is 0 Å². The third-order valence-electron chi connectivity index (χ3n) is 2.01. The Bertz CT molecular complexity index is 447. The zero-order valence-electron chi connectivity index (χ0n) is 8.24. The van der Waals surface area contributed by atoms with Crippen molar-refractivity contribution < 1.29 is 9.13 Å². The van der Waals surface area contributed by atoms with Crippen LogP contribution in [0.5, 0.6) is 5.75 Å². The second-order valence-corrected chi connectivity index (χ2v) is 4.14. The van der Waals surface area contributed by atoms with Crippen molar-refractivity contribution in [2.45, 2.75) is 6.61 Å². The molecule has 0 atom stereocenters. The fraction of sp³-hybridized carbons (Fsp3) is 0.100. The maximum Gasteiger partial charge on any atom is 0.143 e. The summed E-state index contributed by atoms with van der Waals surface area (Å²) in [6, 6.07) is 4.87. The summed E-state index contributed by atoms with van der Waals surface area (Å²) in [5, 5.41) is 0. The van der Waals surface area contributed by atoms with E-state index in [4.69, 9.17) is 4.74 Å². The smallest absolute Gasteiger partial charge is 0.143 e. The van der Waals surface area contributed by atoms with Crippen LogP contribution in [0.3, 0.4) is 0 Å². The van der Waals surface area contributed by atoms with Gasteiger partial charge in [0.05, 0.1) is 10.4 Å². The zero-order chi connectivity index (χ0) is 10.7. The predicted molar refractivity (Wildman–Crippen MR) is 61.0 cm³/mol. The highest BCUT2D eigenvalue weighted by molar-refractivity contribution is 7.09. The monoisotopic (exact) mass is 221 g/mol. The van der Waals surface area contributed by atoms with Gasteiger partial charge in [0.2, 0.25) is 0 Å². The van der Waals surface area contributed by atoms with E-state index in [1.165, 1.54) is 17.4 Å². The summed E-state index contributed by atoms with van der Waals surface area (Å²) in [7, 11) is 1.72. The fourth-order valence-corrected chi connectivity index (χ4v) is 1.64. The van der Waals surface area contributed by atoms with Gasteiger partial charge >= 0.3 is 0 Å². The van der Waals surface area contributed by atoms with E-state index in [2.05, 4.69) is 4.98 Å². The van der Waals surface area contributed by atoms with E-state index in [9.17, 15) is 4.39 Å².